The molecule has 19 heavy (non-hydrogen) atoms. The predicted molar refractivity (Wildman–Crippen MR) is 69.1 cm³/mol. The number of carbonyl (C=O) groups is 1. The van der Waals surface area contributed by atoms with Gasteiger partial charge in [-0.1, -0.05) is 6.92 Å². The van der Waals surface area contributed by atoms with Crippen LogP contribution in [0.15, 0.2) is 16.6 Å². The lowest BCUT2D eigenvalue weighted by Crippen LogP contribution is -2.45. The summed E-state index contributed by atoms with van der Waals surface area (Å²) in [6, 6.07) is 3.82. The topological polar surface area (TPSA) is 52.9 Å². The van der Waals surface area contributed by atoms with Gasteiger partial charge in [-0.25, -0.2) is 8.78 Å². The predicted octanol–water partition coefficient (Wildman–Crippen LogP) is 3.61. The van der Waals surface area contributed by atoms with Gasteiger partial charge < -0.3 is 5.32 Å². The Hall–Kier alpha value is -1.48. The van der Waals surface area contributed by atoms with E-state index in [0.29, 0.717) is 24.8 Å². The molecule has 3 nitrogen and oxygen atoms in total. The molecule has 1 amide bonds. The van der Waals surface area contributed by atoms with Gasteiger partial charge in [-0.05, 0) is 40.8 Å². The first kappa shape index (κ1) is 13.9. The monoisotopic (exact) mass is 328 g/mol. The van der Waals surface area contributed by atoms with Gasteiger partial charge in [-0.15, -0.1) is 0 Å². The van der Waals surface area contributed by atoms with Crippen molar-refractivity contribution in [2.24, 2.45) is 11.3 Å². The molecule has 1 aliphatic carbocycles. The van der Waals surface area contributed by atoms with Gasteiger partial charge >= 0.3 is 0 Å². The summed E-state index contributed by atoms with van der Waals surface area (Å²) in [6.45, 7) is 1.94. The molecule has 1 aromatic carbocycles. The number of hydrogen-bond donors (Lipinski definition) is 1. The second-order valence-corrected chi connectivity index (χ2v) is 5.76. The van der Waals surface area contributed by atoms with Gasteiger partial charge in [0.1, 0.15) is 17.0 Å². The lowest BCUT2D eigenvalue weighted by Gasteiger charge is -2.39. The Balaban J connectivity index is 2.20. The van der Waals surface area contributed by atoms with Gasteiger partial charge in [0, 0.05) is 6.07 Å². The molecule has 1 fully saturated rings. The summed E-state index contributed by atoms with van der Waals surface area (Å²) in [6.07, 6.45) is 0.915. The Morgan fingerprint density at radius 1 is 1.47 bits per heavy atom. The molecule has 0 unspecified atom stereocenters. The van der Waals surface area contributed by atoms with Crippen molar-refractivity contribution in [3.8, 4) is 6.07 Å². The van der Waals surface area contributed by atoms with Crippen molar-refractivity contribution < 1.29 is 13.6 Å². The molecule has 1 aliphatic rings. The summed E-state index contributed by atoms with van der Waals surface area (Å²) in [5.41, 5.74) is -1.22. The highest BCUT2D eigenvalue weighted by Gasteiger charge is 2.49. The van der Waals surface area contributed by atoms with Crippen LogP contribution in [0.1, 0.15) is 19.8 Å². The van der Waals surface area contributed by atoms with Crippen molar-refractivity contribution in [1.29, 1.82) is 5.26 Å². The zero-order valence-electron chi connectivity index (χ0n) is 10.1. The maximum atomic E-state index is 13.5. The van der Waals surface area contributed by atoms with Gasteiger partial charge in [0.05, 0.1) is 16.2 Å². The summed E-state index contributed by atoms with van der Waals surface area (Å²) >= 11 is 2.92. The first-order valence-electron chi connectivity index (χ1n) is 5.75. The number of nitrogens with zero attached hydrogens (tertiary/aromatic N) is 1. The van der Waals surface area contributed by atoms with Crippen LogP contribution in [0.4, 0.5) is 14.5 Å². The van der Waals surface area contributed by atoms with Crippen molar-refractivity contribution in [3.05, 3.63) is 28.2 Å². The van der Waals surface area contributed by atoms with Gasteiger partial charge in [-0.2, -0.15) is 5.26 Å². The lowest BCUT2D eigenvalue weighted by atomic mass is 9.63. The van der Waals surface area contributed by atoms with Crippen molar-refractivity contribution in [1.82, 2.24) is 0 Å². The minimum Gasteiger partial charge on any atom is -0.322 e. The molecular formula is C13H11BrF2N2O. The Bertz CT molecular complexity index is 577. The quantitative estimate of drug-likeness (QED) is 0.843. The van der Waals surface area contributed by atoms with Crippen molar-refractivity contribution in [3.63, 3.8) is 0 Å². The fourth-order valence-electron chi connectivity index (χ4n) is 2.32. The molecule has 0 bridgehead atoms. The fourth-order valence-corrected chi connectivity index (χ4v) is 2.66. The molecule has 0 atom stereocenters. The second-order valence-electron chi connectivity index (χ2n) is 4.91. The molecule has 0 radical (unpaired) electrons. The Kier molecular flexibility index (Phi) is 3.59. The van der Waals surface area contributed by atoms with Crippen LogP contribution in [0.5, 0.6) is 0 Å². The van der Waals surface area contributed by atoms with Crippen molar-refractivity contribution in [2.45, 2.75) is 19.8 Å². The molecule has 6 heteroatoms. The van der Waals surface area contributed by atoms with Crippen LogP contribution in [0.3, 0.4) is 0 Å². The number of amides is 1. The average molecular weight is 329 g/mol. The average Bonchev–Trinajstić information content (AvgIpc) is 2.31. The van der Waals surface area contributed by atoms with E-state index in [0.717, 1.165) is 6.07 Å². The second kappa shape index (κ2) is 4.89. The zero-order chi connectivity index (χ0) is 14.2. The number of anilines is 1. The van der Waals surface area contributed by atoms with Gasteiger partial charge in [0.15, 0.2) is 0 Å². The van der Waals surface area contributed by atoms with Gasteiger partial charge in [0.2, 0.25) is 5.91 Å². The molecular weight excluding hydrogens is 318 g/mol. The Labute approximate surface area is 117 Å². The van der Waals surface area contributed by atoms with E-state index in [9.17, 15) is 13.6 Å². The number of nitriles is 1. The summed E-state index contributed by atoms with van der Waals surface area (Å²) in [5.74, 6) is -1.85. The van der Waals surface area contributed by atoms with E-state index in [1.54, 1.807) is 0 Å². The molecule has 1 N–H and O–H groups in total. The zero-order valence-corrected chi connectivity index (χ0v) is 11.7. The number of rotatable bonds is 2. The molecule has 0 spiro atoms. The van der Waals surface area contributed by atoms with Crippen LogP contribution in [-0.2, 0) is 4.79 Å². The molecule has 0 aromatic heterocycles. The van der Waals surface area contributed by atoms with Crippen LogP contribution >= 0.6 is 15.9 Å². The maximum absolute atomic E-state index is 13.5. The first-order chi connectivity index (χ1) is 8.88. The third-order valence-corrected chi connectivity index (χ3v) is 3.91. The van der Waals surface area contributed by atoms with Crippen molar-refractivity contribution >= 4 is 27.5 Å². The van der Waals surface area contributed by atoms with Crippen LogP contribution in [0.2, 0.25) is 0 Å². The molecule has 0 aliphatic heterocycles. The number of benzene rings is 1. The van der Waals surface area contributed by atoms with E-state index in [1.165, 1.54) is 0 Å². The molecule has 1 saturated carbocycles. The Morgan fingerprint density at radius 3 is 2.63 bits per heavy atom. The minimum atomic E-state index is -1.09. The van der Waals surface area contributed by atoms with E-state index < -0.39 is 23.0 Å². The highest BCUT2D eigenvalue weighted by molar-refractivity contribution is 9.10. The van der Waals surface area contributed by atoms with Crippen LogP contribution < -0.4 is 5.32 Å². The van der Waals surface area contributed by atoms with E-state index in [1.807, 2.05) is 13.0 Å². The molecule has 2 rings (SSSR count). The molecule has 0 saturated heterocycles. The summed E-state index contributed by atoms with van der Waals surface area (Å²) in [4.78, 5) is 12.0. The lowest BCUT2D eigenvalue weighted by molar-refractivity contribution is -0.128. The Morgan fingerprint density at radius 2 is 2.11 bits per heavy atom. The maximum Gasteiger partial charge on any atom is 0.244 e. The van der Waals surface area contributed by atoms with Crippen LogP contribution in [0, 0.1) is 34.3 Å². The molecule has 1 aromatic rings. The van der Waals surface area contributed by atoms with E-state index >= 15 is 0 Å². The smallest absolute Gasteiger partial charge is 0.244 e. The highest BCUT2D eigenvalue weighted by atomic mass is 79.9. The third-order valence-electron chi connectivity index (χ3n) is 3.30. The largest absolute Gasteiger partial charge is 0.322 e. The minimum absolute atomic E-state index is 0.0529. The highest BCUT2D eigenvalue weighted by Crippen LogP contribution is 2.45. The molecule has 0 heterocycles. The van der Waals surface area contributed by atoms with E-state index in [-0.39, 0.29) is 10.2 Å². The van der Waals surface area contributed by atoms with Gasteiger partial charge in [-0.3, -0.25) is 4.79 Å². The number of hydrogen-bond acceptors (Lipinski definition) is 2. The summed E-state index contributed by atoms with van der Waals surface area (Å²) < 4.78 is 26.6. The van der Waals surface area contributed by atoms with E-state index in [2.05, 4.69) is 21.2 Å². The van der Waals surface area contributed by atoms with Crippen LogP contribution in [0.25, 0.3) is 0 Å². The van der Waals surface area contributed by atoms with Crippen LogP contribution in [-0.4, -0.2) is 5.91 Å². The summed E-state index contributed by atoms with van der Waals surface area (Å²) in [7, 11) is 0. The van der Waals surface area contributed by atoms with Crippen molar-refractivity contribution in [2.75, 3.05) is 5.32 Å². The number of nitrogens with one attached hydrogen (secondary N) is 1. The number of halogens is 3. The SMILES string of the molecule is CC1CC(C#N)(C(=O)Nc2cc(Br)c(F)cc2F)C1. The standard InChI is InChI=1S/C13H11BrF2N2O/c1-7-4-13(5-7,6-17)12(19)18-11-2-8(14)9(15)3-10(11)16/h2-3,7H,4-5H2,1H3,(H,18,19). The van der Waals surface area contributed by atoms with E-state index in [4.69, 9.17) is 5.26 Å². The fraction of sp³-hybridized carbons (Fsp3) is 0.385. The number of carbonyl (C=O) groups excluding carboxylic acids is 1. The molecule has 100 valence electrons. The normalized spacial score (nSPS) is 25.3. The first-order valence-corrected chi connectivity index (χ1v) is 6.54. The summed E-state index contributed by atoms with van der Waals surface area (Å²) in [5, 5.41) is 11.5. The van der Waals surface area contributed by atoms with Gasteiger partial charge in [0.25, 0.3) is 0 Å². The third kappa shape index (κ3) is 2.47.